The van der Waals surface area contributed by atoms with Gasteiger partial charge in [0.15, 0.2) is 0 Å². The van der Waals surface area contributed by atoms with E-state index in [0.717, 1.165) is 18.8 Å². The molecule has 1 amide bonds. The first-order chi connectivity index (χ1) is 14.0. The minimum absolute atomic E-state index is 0.177. The number of benzene rings is 2. The number of halogens is 2. The topological polar surface area (TPSA) is 59.4 Å². The molecule has 0 atom stereocenters. The standard InChI is InChI=1S/C21H20ClFN4O2/c1-14-19(20(22)27(25-14)18-6-2-15(23)3-7-18)21(28)24-16-4-8-17(9-5-16)26-10-12-29-13-11-26/h2-9H,10-13H2,1H3,(H,24,28). The van der Waals surface area contributed by atoms with Crippen molar-refractivity contribution in [2.45, 2.75) is 6.92 Å². The van der Waals surface area contributed by atoms with Gasteiger partial charge >= 0.3 is 0 Å². The average Bonchev–Trinajstić information content (AvgIpc) is 3.04. The fourth-order valence-electron chi connectivity index (χ4n) is 3.28. The number of ether oxygens (including phenoxy) is 1. The first-order valence-corrected chi connectivity index (χ1v) is 9.66. The number of hydrogen-bond donors (Lipinski definition) is 1. The van der Waals surface area contributed by atoms with E-state index in [2.05, 4.69) is 15.3 Å². The molecule has 150 valence electrons. The second-order valence-corrected chi connectivity index (χ2v) is 7.10. The summed E-state index contributed by atoms with van der Waals surface area (Å²) in [5.74, 6) is -0.702. The van der Waals surface area contributed by atoms with Crippen LogP contribution in [-0.2, 0) is 4.74 Å². The molecule has 2 aromatic carbocycles. The van der Waals surface area contributed by atoms with Gasteiger partial charge in [-0.3, -0.25) is 4.79 Å². The molecule has 6 nitrogen and oxygen atoms in total. The van der Waals surface area contributed by atoms with Crippen LogP contribution in [0.25, 0.3) is 5.69 Å². The molecule has 0 unspecified atom stereocenters. The summed E-state index contributed by atoms with van der Waals surface area (Å²) in [6, 6.07) is 13.4. The fraction of sp³-hybridized carbons (Fsp3) is 0.238. The molecule has 0 radical (unpaired) electrons. The molecule has 0 saturated carbocycles. The van der Waals surface area contributed by atoms with Crippen LogP contribution in [0.5, 0.6) is 0 Å². The Balaban J connectivity index is 1.52. The van der Waals surface area contributed by atoms with Crippen molar-refractivity contribution in [3.63, 3.8) is 0 Å². The first-order valence-electron chi connectivity index (χ1n) is 9.28. The molecule has 0 bridgehead atoms. The summed E-state index contributed by atoms with van der Waals surface area (Å²) in [6.07, 6.45) is 0. The van der Waals surface area contributed by atoms with Crippen LogP contribution in [-0.4, -0.2) is 42.0 Å². The molecule has 8 heteroatoms. The summed E-state index contributed by atoms with van der Waals surface area (Å²) in [5, 5.41) is 7.37. The Hall–Kier alpha value is -2.90. The molecule has 1 aromatic heterocycles. The van der Waals surface area contributed by atoms with Crippen LogP contribution in [0, 0.1) is 12.7 Å². The summed E-state index contributed by atoms with van der Waals surface area (Å²) in [4.78, 5) is 15.0. The number of nitrogens with one attached hydrogen (secondary N) is 1. The SMILES string of the molecule is Cc1nn(-c2ccc(F)cc2)c(Cl)c1C(=O)Nc1ccc(N2CCOCC2)cc1. The largest absolute Gasteiger partial charge is 0.378 e. The highest BCUT2D eigenvalue weighted by Gasteiger charge is 2.21. The van der Waals surface area contributed by atoms with E-state index in [1.54, 1.807) is 19.1 Å². The number of rotatable bonds is 4. The van der Waals surface area contributed by atoms with Gasteiger partial charge in [0.05, 0.1) is 24.6 Å². The maximum Gasteiger partial charge on any atom is 0.260 e. The van der Waals surface area contributed by atoms with Crippen molar-refractivity contribution in [1.82, 2.24) is 9.78 Å². The third-order valence-electron chi connectivity index (χ3n) is 4.80. The molecule has 1 saturated heterocycles. The number of carbonyl (C=O) groups is 1. The van der Waals surface area contributed by atoms with Crippen molar-refractivity contribution in [1.29, 1.82) is 0 Å². The predicted molar refractivity (Wildman–Crippen MR) is 111 cm³/mol. The van der Waals surface area contributed by atoms with Gasteiger partial charge in [-0.1, -0.05) is 11.6 Å². The fourth-order valence-corrected chi connectivity index (χ4v) is 3.64. The van der Waals surface area contributed by atoms with Gasteiger partial charge in [0, 0.05) is 24.5 Å². The second kappa shape index (κ2) is 8.23. The number of amides is 1. The van der Waals surface area contributed by atoms with Crippen molar-refractivity contribution in [2.75, 3.05) is 36.5 Å². The van der Waals surface area contributed by atoms with Crippen molar-refractivity contribution in [3.05, 3.63) is 70.8 Å². The lowest BCUT2D eigenvalue weighted by Crippen LogP contribution is -2.36. The van der Waals surface area contributed by atoms with Gasteiger partial charge in [-0.15, -0.1) is 0 Å². The summed E-state index contributed by atoms with van der Waals surface area (Å²) in [5.41, 5.74) is 3.10. The second-order valence-electron chi connectivity index (χ2n) is 6.74. The van der Waals surface area contributed by atoms with E-state index in [-0.39, 0.29) is 22.4 Å². The summed E-state index contributed by atoms with van der Waals surface area (Å²) in [6.45, 7) is 4.84. The summed E-state index contributed by atoms with van der Waals surface area (Å²) in [7, 11) is 0. The van der Waals surface area contributed by atoms with Crippen LogP contribution >= 0.6 is 11.6 Å². The quantitative estimate of drug-likeness (QED) is 0.699. The lowest BCUT2D eigenvalue weighted by Gasteiger charge is -2.28. The molecule has 4 rings (SSSR count). The number of anilines is 2. The van der Waals surface area contributed by atoms with Crippen LogP contribution in [0.1, 0.15) is 16.1 Å². The maximum absolute atomic E-state index is 13.2. The number of aromatic nitrogens is 2. The van der Waals surface area contributed by atoms with Gasteiger partial charge in [-0.05, 0) is 55.5 Å². The average molecular weight is 415 g/mol. The van der Waals surface area contributed by atoms with Crippen molar-refractivity contribution >= 4 is 28.9 Å². The van der Waals surface area contributed by atoms with Gasteiger partial charge in [0.25, 0.3) is 5.91 Å². The molecular formula is C21H20ClFN4O2. The molecule has 1 fully saturated rings. The Morgan fingerprint density at radius 1 is 1.07 bits per heavy atom. The van der Waals surface area contributed by atoms with E-state index in [1.807, 2.05) is 24.3 Å². The van der Waals surface area contributed by atoms with E-state index in [0.29, 0.717) is 30.3 Å². The smallest absolute Gasteiger partial charge is 0.260 e. The summed E-state index contributed by atoms with van der Waals surface area (Å²) >= 11 is 6.42. The Morgan fingerprint density at radius 3 is 2.34 bits per heavy atom. The van der Waals surface area contributed by atoms with Crippen LogP contribution in [0.2, 0.25) is 5.15 Å². The van der Waals surface area contributed by atoms with Gasteiger partial charge in [-0.25, -0.2) is 9.07 Å². The zero-order chi connectivity index (χ0) is 20.4. The Bertz CT molecular complexity index is 1010. The highest BCUT2D eigenvalue weighted by Crippen LogP contribution is 2.25. The van der Waals surface area contributed by atoms with Gasteiger partial charge in [0.2, 0.25) is 0 Å². The van der Waals surface area contributed by atoms with E-state index in [4.69, 9.17) is 16.3 Å². The Labute approximate surface area is 172 Å². The monoisotopic (exact) mass is 414 g/mol. The lowest BCUT2D eigenvalue weighted by atomic mass is 10.2. The zero-order valence-corrected chi connectivity index (χ0v) is 16.6. The molecule has 1 N–H and O–H groups in total. The Kier molecular flexibility index (Phi) is 5.51. The minimum Gasteiger partial charge on any atom is -0.378 e. The molecule has 29 heavy (non-hydrogen) atoms. The molecule has 0 spiro atoms. The number of morpholine rings is 1. The van der Waals surface area contributed by atoms with Gasteiger partial charge in [0.1, 0.15) is 16.5 Å². The van der Waals surface area contributed by atoms with Crippen molar-refractivity contribution in [2.24, 2.45) is 0 Å². The number of carbonyl (C=O) groups excluding carboxylic acids is 1. The molecule has 2 heterocycles. The van der Waals surface area contributed by atoms with Crippen molar-refractivity contribution in [3.8, 4) is 5.69 Å². The van der Waals surface area contributed by atoms with Crippen LogP contribution in [0.4, 0.5) is 15.8 Å². The molecular weight excluding hydrogens is 395 g/mol. The molecule has 1 aliphatic heterocycles. The lowest BCUT2D eigenvalue weighted by molar-refractivity contribution is 0.102. The van der Waals surface area contributed by atoms with E-state index >= 15 is 0 Å². The predicted octanol–water partition coefficient (Wildman–Crippen LogP) is 4.06. The van der Waals surface area contributed by atoms with E-state index < -0.39 is 0 Å². The first kappa shape index (κ1) is 19.4. The minimum atomic E-state index is -0.354. The maximum atomic E-state index is 13.2. The highest BCUT2D eigenvalue weighted by atomic mass is 35.5. The van der Waals surface area contributed by atoms with E-state index in [1.165, 1.54) is 16.8 Å². The van der Waals surface area contributed by atoms with Crippen LogP contribution < -0.4 is 10.2 Å². The third-order valence-corrected chi connectivity index (χ3v) is 5.15. The number of aryl methyl sites for hydroxylation is 1. The Morgan fingerprint density at radius 2 is 1.69 bits per heavy atom. The van der Waals surface area contributed by atoms with Crippen LogP contribution in [0.15, 0.2) is 48.5 Å². The highest BCUT2D eigenvalue weighted by molar-refractivity contribution is 6.34. The molecule has 3 aromatic rings. The van der Waals surface area contributed by atoms with Crippen LogP contribution in [0.3, 0.4) is 0 Å². The molecule has 1 aliphatic rings. The third kappa shape index (κ3) is 4.11. The number of hydrogen-bond acceptors (Lipinski definition) is 4. The molecule has 0 aliphatic carbocycles. The van der Waals surface area contributed by atoms with Crippen molar-refractivity contribution < 1.29 is 13.9 Å². The summed E-state index contributed by atoms with van der Waals surface area (Å²) < 4.78 is 20.0. The number of nitrogens with zero attached hydrogens (tertiary/aromatic N) is 3. The van der Waals surface area contributed by atoms with E-state index in [9.17, 15) is 9.18 Å². The zero-order valence-electron chi connectivity index (χ0n) is 15.9. The normalized spacial score (nSPS) is 14.1. The van der Waals surface area contributed by atoms with Gasteiger partial charge in [-0.2, -0.15) is 5.10 Å². The van der Waals surface area contributed by atoms with Gasteiger partial charge < -0.3 is 15.0 Å².